The largest absolute Gasteiger partial charge is 0.368 e. The fourth-order valence-corrected chi connectivity index (χ4v) is 7.49. The number of nitrogens with zero attached hydrogens (tertiary/aromatic N) is 6. The van der Waals surface area contributed by atoms with Gasteiger partial charge in [0.15, 0.2) is 5.79 Å². The number of H-pyrrole nitrogens is 1. The van der Waals surface area contributed by atoms with E-state index in [1.54, 1.807) is 0 Å². The van der Waals surface area contributed by atoms with Crippen molar-refractivity contribution in [3.8, 4) is 11.1 Å². The van der Waals surface area contributed by atoms with Gasteiger partial charge in [0.2, 0.25) is 5.95 Å². The molecule has 5 heterocycles. The minimum Gasteiger partial charge on any atom is -0.368 e. The summed E-state index contributed by atoms with van der Waals surface area (Å²) in [6.07, 6.45) is 9.53. The Hall–Kier alpha value is -4.06. The SMILES string of the molecule is CCN(c1cc(-c2cnc(N3CCN(C)CC3)nc2)cc2c(NCc3c(C)cc(C)[nH]c3=O)nccc12)C1CCC2(CC1)OCCO2. The van der Waals surface area contributed by atoms with Crippen LogP contribution in [0.2, 0.25) is 0 Å². The molecule has 1 aromatic carbocycles. The Kier molecular flexibility index (Phi) is 8.87. The molecule has 47 heavy (non-hydrogen) atoms. The zero-order valence-electron chi connectivity index (χ0n) is 28.0. The number of hydrogen-bond acceptors (Lipinski definition) is 10. The van der Waals surface area contributed by atoms with Gasteiger partial charge in [0.05, 0.1) is 13.2 Å². The van der Waals surface area contributed by atoms with Crippen LogP contribution in [-0.4, -0.2) is 89.6 Å². The lowest BCUT2D eigenvalue weighted by atomic mass is 9.88. The quantitative estimate of drug-likeness (QED) is 0.277. The molecule has 11 heteroatoms. The molecule has 11 nitrogen and oxygen atoms in total. The molecule has 7 rings (SSSR count). The van der Waals surface area contributed by atoms with Gasteiger partial charge in [-0.3, -0.25) is 4.79 Å². The molecule has 2 saturated heterocycles. The van der Waals surface area contributed by atoms with Gasteiger partial charge in [-0.2, -0.15) is 0 Å². The van der Waals surface area contributed by atoms with Crippen LogP contribution in [0, 0.1) is 13.8 Å². The minimum atomic E-state index is -0.407. The first-order valence-corrected chi connectivity index (χ1v) is 17.0. The van der Waals surface area contributed by atoms with E-state index >= 15 is 0 Å². The second-order valence-electron chi connectivity index (χ2n) is 13.2. The number of pyridine rings is 2. The second-order valence-corrected chi connectivity index (χ2v) is 13.2. The van der Waals surface area contributed by atoms with E-state index in [0.717, 1.165) is 109 Å². The zero-order valence-corrected chi connectivity index (χ0v) is 28.0. The third-order valence-corrected chi connectivity index (χ3v) is 10.2. The highest BCUT2D eigenvalue weighted by molar-refractivity contribution is 6.03. The molecule has 2 N–H and O–H groups in total. The van der Waals surface area contributed by atoms with E-state index in [0.29, 0.717) is 31.4 Å². The Morgan fingerprint density at radius 2 is 1.70 bits per heavy atom. The van der Waals surface area contributed by atoms with E-state index in [4.69, 9.17) is 24.4 Å². The fourth-order valence-electron chi connectivity index (χ4n) is 7.49. The van der Waals surface area contributed by atoms with Crippen LogP contribution in [-0.2, 0) is 16.0 Å². The number of anilines is 3. The molecule has 248 valence electrons. The van der Waals surface area contributed by atoms with E-state index in [9.17, 15) is 4.79 Å². The molecular weight excluding hydrogens is 592 g/mol. The number of ether oxygens (including phenoxy) is 2. The van der Waals surface area contributed by atoms with Crippen LogP contribution in [0.3, 0.4) is 0 Å². The summed E-state index contributed by atoms with van der Waals surface area (Å²) in [5.41, 5.74) is 5.60. The minimum absolute atomic E-state index is 0.0725. The summed E-state index contributed by atoms with van der Waals surface area (Å²) in [5, 5.41) is 5.63. The number of aryl methyl sites for hydroxylation is 2. The summed E-state index contributed by atoms with van der Waals surface area (Å²) in [6.45, 7) is 12.6. The van der Waals surface area contributed by atoms with Gasteiger partial charge in [0.1, 0.15) is 5.82 Å². The predicted octanol–water partition coefficient (Wildman–Crippen LogP) is 4.87. The number of likely N-dealkylation sites (N-methyl/N-ethyl adjacent to an activating group) is 1. The lowest BCUT2D eigenvalue weighted by molar-refractivity contribution is -0.178. The Labute approximate surface area is 276 Å². The van der Waals surface area contributed by atoms with Gasteiger partial charge in [-0.1, -0.05) is 0 Å². The van der Waals surface area contributed by atoms with Crippen LogP contribution in [0.5, 0.6) is 0 Å². The van der Waals surface area contributed by atoms with E-state index in [1.807, 2.05) is 38.5 Å². The summed E-state index contributed by atoms with van der Waals surface area (Å²) in [7, 11) is 2.15. The lowest BCUT2D eigenvalue weighted by Crippen LogP contribution is -2.45. The molecular formula is C36H46N8O3. The van der Waals surface area contributed by atoms with E-state index < -0.39 is 5.79 Å². The molecule has 0 atom stereocenters. The third-order valence-electron chi connectivity index (χ3n) is 10.2. The van der Waals surface area contributed by atoms with Crippen molar-refractivity contribution in [3.63, 3.8) is 0 Å². The molecule has 2 aliphatic heterocycles. The van der Waals surface area contributed by atoms with Crippen molar-refractivity contribution in [1.29, 1.82) is 0 Å². The Balaban J connectivity index is 1.26. The number of aromatic nitrogens is 4. The van der Waals surface area contributed by atoms with Crippen LogP contribution in [0.1, 0.15) is 49.4 Å². The first kappa shape index (κ1) is 31.5. The van der Waals surface area contributed by atoms with Crippen molar-refractivity contribution in [2.75, 3.05) is 68.1 Å². The number of rotatable bonds is 8. The highest BCUT2D eigenvalue weighted by Crippen LogP contribution is 2.42. The summed E-state index contributed by atoms with van der Waals surface area (Å²) >= 11 is 0. The van der Waals surface area contributed by atoms with Crippen LogP contribution in [0.25, 0.3) is 21.9 Å². The number of benzene rings is 1. The van der Waals surface area contributed by atoms with Gasteiger partial charge in [-0.15, -0.1) is 0 Å². The average Bonchev–Trinajstić information content (AvgIpc) is 3.53. The third kappa shape index (κ3) is 6.44. The molecule has 1 aliphatic carbocycles. The van der Waals surface area contributed by atoms with Gasteiger partial charge in [0, 0.05) is 110 Å². The highest BCUT2D eigenvalue weighted by Gasteiger charge is 2.41. The normalized spacial score (nSPS) is 18.7. The second kappa shape index (κ2) is 13.2. The Bertz CT molecular complexity index is 1770. The zero-order chi connectivity index (χ0) is 32.5. The summed E-state index contributed by atoms with van der Waals surface area (Å²) in [5.74, 6) is 1.11. The van der Waals surface area contributed by atoms with Crippen molar-refractivity contribution in [2.45, 2.75) is 64.8 Å². The molecule has 1 spiro atoms. The maximum Gasteiger partial charge on any atom is 0.253 e. The number of hydrogen-bond donors (Lipinski definition) is 2. The first-order chi connectivity index (χ1) is 22.8. The van der Waals surface area contributed by atoms with Crippen molar-refractivity contribution in [3.05, 3.63) is 70.0 Å². The number of nitrogens with one attached hydrogen (secondary N) is 2. The predicted molar refractivity (Wildman–Crippen MR) is 186 cm³/mol. The van der Waals surface area contributed by atoms with E-state index in [2.05, 4.69) is 57.2 Å². The fraction of sp³-hybridized carbons (Fsp3) is 0.500. The highest BCUT2D eigenvalue weighted by atomic mass is 16.7. The van der Waals surface area contributed by atoms with Crippen LogP contribution in [0.4, 0.5) is 17.5 Å². The van der Waals surface area contributed by atoms with Gasteiger partial charge in [-0.25, -0.2) is 15.0 Å². The summed E-state index contributed by atoms with van der Waals surface area (Å²) < 4.78 is 12.1. The number of piperazine rings is 1. The van der Waals surface area contributed by atoms with E-state index in [-0.39, 0.29) is 5.56 Å². The average molecular weight is 639 g/mol. The van der Waals surface area contributed by atoms with Crippen LogP contribution >= 0.6 is 0 Å². The smallest absolute Gasteiger partial charge is 0.253 e. The van der Waals surface area contributed by atoms with Crippen molar-refractivity contribution in [1.82, 2.24) is 24.8 Å². The van der Waals surface area contributed by atoms with Crippen molar-refractivity contribution >= 4 is 28.2 Å². The Morgan fingerprint density at radius 3 is 2.38 bits per heavy atom. The van der Waals surface area contributed by atoms with Crippen LogP contribution < -0.4 is 20.7 Å². The number of aromatic amines is 1. The standard InChI is InChI=1S/C36H46N8O3/c1-5-44(28-6-9-36(10-7-28)46-16-17-47-36)32-20-26(27-21-39-35(40-22-27)43-14-12-42(4)13-15-43)19-30-29(32)8-11-37-33(30)38-23-31-24(2)18-25(3)41-34(31)45/h8,11,18-22,28H,5-7,9-10,12-17,23H2,1-4H3,(H,37,38)(H,41,45). The number of fused-ring (bicyclic) bond motifs is 1. The van der Waals surface area contributed by atoms with Crippen molar-refractivity contribution < 1.29 is 9.47 Å². The maximum atomic E-state index is 12.8. The molecule has 3 aliphatic rings. The van der Waals surface area contributed by atoms with Crippen molar-refractivity contribution in [2.24, 2.45) is 0 Å². The first-order valence-electron chi connectivity index (χ1n) is 17.0. The Morgan fingerprint density at radius 1 is 0.979 bits per heavy atom. The van der Waals surface area contributed by atoms with Gasteiger partial charge < -0.3 is 34.5 Å². The molecule has 0 unspecified atom stereocenters. The van der Waals surface area contributed by atoms with Crippen LogP contribution in [0.15, 0.2) is 47.7 Å². The molecule has 4 aromatic rings. The summed E-state index contributed by atoms with van der Waals surface area (Å²) in [4.78, 5) is 37.3. The van der Waals surface area contributed by atoms with E-state index in [1.165, 1.54) is 0 Å². The lowest BCUT2D eigenvalue weighted by Gasteiger charge is -2.41. The van der Waals surface area contributed by atoms with Gasteiger partial charge in [0.25, 0.3) is 5.56 Å². The molecule has 3 aromatic heterocycles. The summed E-state index contributed by atoms with van der Waals surface area (Å²) in [6, 6.07) is 8.93. The molecule has 1 saturated carbocycles. The molecule has 0 amide bonds. The molecule has 0 radical (unpaired) electrons. The van der Waals surface area contributed by atoms with Gasteiger partial charge >= 0.3 is 0 Å². The van der Waals surface area contributed by atoms with Gasteiger partial charge in [-0.05, 0) is 76.1 Å². The monoisotopic (exact) mass is 638 g/mol. The topological polar surface area (TPSA) is 112 Å². The maximum absolute atomic E-state index is 12.8. The molecule has 3 fully saturated rings. The molecule has 0 bridgehead atoms.